The van der Waals surface area contributed by atoms with Crippen molar-refractivity contribution in [1.29, 1.82) is 0 Å². The Morgan fingerprint density at radius 1 is 0.326 bits per heavy atom. The smallest absolute Gasteiger partial charge is 0.00626 e. The van der Waals surface area contributed by atoms with Gasteiger partial charge in [-0.1, -0.05) is 117 Å². The van der Waals surface area contributed by atoms with Crippen molar-refractivity contribution in [3.63, 3.8) is 0 Å². The Morgan fingerprint density at radius 2 is 0.630 bits per heavy atom. The molecule has 0 amide bonds. The lowest BCUT2D eigenvalue weighted by Gasteiger charge is -2.43. The maximum Gasteiger partial charge on any atom is -0.00626 e. The summed E-state index contributed by atoms with van der Waals surface area (Å²) in [6, 6.07) is 11.1. The standard InChI is InChI=1S/C44H64P2/c1-5-19-35(20-6-1)45(36-21-7-2-8-22-36)41-31-29-33-17-13-15-27-39(33)43(41)44-40-28-16-14-18-34(40)30-32-42(44)46(37-23-9-3-10-24-37)38-25-11-4-12-26-38/h29-32,35-38H,1-28H2. The summed E-state index contributed by atoms with van der Waals surface area (Å²) in [5.41, 5.74) is 15.0. The zero-order chi connectivity index (χ0) is 30.7. The van der Waals surface area contributed by atoms with Crippen LogP contribution in [0, 0.1) is 0 Å². The summed E-state index contributed by atoms with van der Waals surface area (Å²) in [6.45, 7) is 0. The van der Waals surface area contributed by atoms with E-state index >= 15 is 0 Å². The van der Waals surface area contributed by atoms with Crippen LogP contribution in [0.1, 0.15) is 176 Å². The first kappa shape index (κ1) is 32.5. The molecule has 46 heavy (non-hydrogen) atoms. The van der Waals surface area contributed by atoms with Crippen molar-refractivity contribution in [1.82, 2.24) is 0 Å². The van der Waals surface area contributed by atoms with E-state index in [2.05, 4.69) is 24.3 Å². The molecule has 250 valence electrons. The highest BCUT2D eigenvalue weighted by atomic mass is 31.1. The molecule has 4 fully saturated rings. The summed E-state index contributed by atoms with van der Waals surface area (Å²) in [7, 11) is -0.237. The molecule has 4 saturated carbocycles. The maximum absolute atomic E-state index is 2.82. The molecule has 0 aromatic heterocycles. The van der Waals surface area contributed by atoms with Gasteiger partial charge in [-0.25, -0.2) is 0 Å². The molecule has 2 aromatic rings. The van der Waals surface area contributed by atoms with Gasteiger partial charge >= 0.3 is 0 Å². The van der Waals surface area contributed by atoms with Crippen molar-refractivity contribution in [3.05, 3.63) is 46.5 Å². The van der Waals surface area contributed by atoms with Crippen LogP contribution in [-0.2, 0) is 25.7 Å². The lowest BCUT2D eigenvalue weighted by Crippen LogP contribution is -2.31. The van der Waals surface area contributed by atoms with Gasteiger partial charge in [0.15, 0.2) is 0 Å². The fraction of sp³-hybridized carbons (Fsp3) is 0.727. The molecule has 0 spiro atoms. The summed E-state index contributed by atoms with van der Waals surface area (Å²) in [6.07, 6.45) is 41.1. The summed E-state index contributed by atoms with van der Waals surface area (Å²) >= 11 is 0. The van der Waals surface area contributed by atoms with Crippen molar-refractivity contribution < 1.29 is 0 Å². The topological polar surface area (TPSA) is 0 Å². The van der Waals surface area contributed by atoms with E-state index in [-0.39, 0.29) is 15.8 Å². The minimum absolute atomic E-state index is 0.118. The fourth-order valence-electron chi connectivity index (χ4n) is 11.4. The molecule has 0 atom stereocenters. The number of benzene rings is 2. The van der Waals surface area contributed by atoms with Crippen molar-refractivity contribution in [2.24, 2.45) is 0 Å². The highest BCUT2D eigenvalue weighted by Crippen LogP contribution is 2.60. The number of hydrogen-bond acceptors (Lipinski definition) is 0. The molecule has 0 nitrogen and oxygen atoms in total. The van der Waals surface area contributed by atoms with Crippen LogP contribution in [0.5, 0.6) is 0 Å². The molecule has 6 aliphatic carbocycles. The van der Waals surface area contributed by atoms with Crippen LogP contribution in [0.2, 0.25) is 0 Å². The van der Waals surface area contributed by atoms with Crippen LogP contribution < -0.4 is 10.6 Å². The van der Waals surface area contributed by atoms with Gasteiger partial charge in [0.25, 0.3) is 0 Å². The Labute approximate surface area is 285 Å². The predicted octanol–water partition coefficient (Wildman–Crippen LogP) is 12.7. The van der Waals surface area contributed by atoms with E-state index in [1.54, 1.807) is 11.1 Å². The number of fused-ring (bicyclic) bond motifs is 2. The van der Waals surface area contributed by atoms with Gasteiger partial charge in [-0.15, -0.1) is 0 Å². The Morgan fingerprint density at radius 3 is 0.957 bits per heavy atom. The van der Waals surface area contributed by atoms with Crippen molar-refractivity contribution >= 4 is 26.5 Å². The highest BCUT2D eigenvalue weighted by Gasteiger charge is 2.39. The highest BCUT2D eigenvalue weighted by molar-refractivity contribution is 7.68. The number of aryl methyl sites for hydroxylation is 2. The average Bonchev–Trinajstić information content (AvgIpc) is 3.14. The van der Waals surface area contributed by atoms with Crippen LogP contribution in [0.4, 0.5) is 0 Å². The quantitative estimate of drug-likeness (QED) is 0.261. The SMILES string of the molecule is c1cc(P(C2CCCCC2)C2CCCCC2)c(-c2c(P(C3CCCCC3)C3CCCCC3)ccc3c2CCCC3)c2c1CCCC2. The first-order valence-electron chi connectivity index (χ1n) is 20.7. The molecule has 0 heterocycles. The first-order valence-corrected chi connectivity index (χ1v) is 23.7. The second-order valence-electron chi connectivity index (χ2n) is 16.6. The lowest BCUT2D eigenvalue weighted by atomic mass is 9.81. The summed E-state index contributed by atoms with van der Waals surface area (Å²) in [4.78, 5) is 0. The third kappa shape index (κ3) is 6.73. The Bertz CT molecular complexity index is 1160. The van der Waals surface area contributed by atoms with Crippen LogP contribution >= 0.6 is 15.8 Å². The first-order chi connectivity index (χ1) is 22.9. The average molecular weight is 655 g/mol. The lowest BCUT2D eigenvalue weighted by molar-refractivity contribution is 0.487. The van der Waals surface area contributed by atoms with Gasteiger partial charge in [-0.05, 0) is 169 Å². The third-order valence-corrected chi connectivity index (χ3v) is 20.8. The van der Waals surface area contributed by atoms with Gasteiger partial charge in [0.05, 0.1) is 0 Å². The molecule has 0 bridgehead atoms. The van der Waals surface area contributed by atoms with E-state index in [4.69, 9.17) is 0 Å². The van der Waals surface area contributed by atoms with Gasteiger partial charge < -0.3 is 0 Å². The molecule has 6 aliphatic rings. The number of rotatable bonds is 7. The van der Waals surface area contributed by atoms with Crippen LogP contribution in [0.25, 0.3) is 11.1 Å². The predicted molar refractivity (Wildman–Crippen MR) is 206 cm³/mol. The monoisotopic (exact) mass is 654 g/mol. The van der Waals surface area contributed by atoms with Crippen molar-refractivity contribution in [2.45, 2.75) is 202 Å². The van der Waals surface area contributed by atoms with E-state index in [0.717, 1.165) is 22.6 Å². The molecule has 0 saturated heterocycles. The minimum atomic E-state index is -0.118. The molecule has 0 N–H and O–H groups in total. The maximum atomic E-state index is 2.82. The van der Waals surface area contributed by atoms with Crippen LogP contribution in [0.3, 0.4) is 0 Å². The van der Waals surface area contributed by atoms with E-state index in [1.807, 2.05) is 32.9 Å². The molecule has 2 heteroatoms. The van der Waals surface area contributed by atoms with E-state index in [9.17, 15) is 0 Å². The minimum Gasteiger partial charge on any atom is -0.0683 e. The van der Waals surface area contributed by atoms with Gasteiger partial charge in [-0.2, -0.15) is 0 Å². The molecule has 0 radical (unpaired) electrons. The summed E-state index contributed by atoms with van der Waals surface area (Å²) in [5, 5.41) is 3.88. The normalized spacial score (nSPS) is 24.3. The second-order valence-corrected chi connectivity index (χ2v) is 22.1. The van der Waals surface area contributed by atoms with Crippen molar-refractivity contribution in [3.8, 4) is 11.1 Å². The zero-order valence-corrected chi connectivity index (χ0v) is 31.1. The Balaban J connectivity index is 1.36. The van der Waals surface area contributed by atoms with Gasteiger partial charge in [0.2, 0.25) is 0 Å². The molecule has 0 unspecified atom stereocenters. The Kier molecular flexibility index (Phi) is 10.9. The van der Waals surface area contributed by atoms with E-state index < -0.39 is 0 Å². The van der Waals surface area contributed by atoms with Crippen molar-refractivity contribution in [2.75, 3.05) is 0 Å². The van der Waals surface area contributed by atoms with Crippen LogP contribution in [-0.4, -0.2) is 22.6 Å². The summed E-state index contributed by atoms with van der Waals surface area (Å²) in [5.74, 6) is 0. The van der Waals surface area contributed by atoms with E-state index in [1.165, 1.54) is 180 Å². The van der Waals surface area contributed by atoms with E-state index in [0.29, 0.717) is 0 Å². The largest absolute Gasteiger partial charge is 0.0683 e. The fourth-order valence-corrected chi connectivity index (χ4v) is 19.4. The van der Waals surface area contributed by atoms with Gasteiger partial charge in [0, 0.05) is 0 Å². The molecule has 2 aromatic carbocycles. The third-order valence-electron chi connectivity index (χ3n) is 13.7. The number of hydrogen-bond donors (Lipinski definition) is 0. The second kappa shape index (κ2) is 15.5. The summed E-state index contributed by atoms with van der Waals surface area (Å²) < 4.78 is 0. The van der Waals surface area contributed by atoms with Gasteiger partial charge in [0.1, 0.15) is 0 Å². The zero-order valence-electron chi connectivity index (χ0n) is 29.3. The van der Waals surface area contributed by atoms with Gasteiger partial charge in [-0.3, -0.25) is 0 Å². The molecule has 8 rings (SSSR count). The molecular formula is C44H64P2. The molecular weight excluding hydrogens is 590 g/mol. The molecule has 0 aliphatic heterocycles. The Hall–Kier alpha value is -0.700. The van der Waals surface area contributed by atoms with Crippen LogP contribution in [0.15, 0.2) is 24.3 Å².